The van der Waals surface area contributed by atoms with Crippen LogP contribution in [-0.4, -0.2) is 70.5 Å². The first-order valence-corrected chi connectivity index (χ1v) is 8.49. The van der Waals surface area contributed by atoms with Crippen LogP contribution in [0.1, 0.15) is 12.5 Å². The quantitative estimate of drug-likeness (QED) is 0.272. The first-order chi connectivity index (χ1) is 13.3. The number of nitrogens with zero attached hydrogens (tertiary/aromatic N) is 3. The van der Waals surface area contributed by atoms with E-state index in [1.807, 2.05) is 0 Å². The van der Waals surface area contributed by atoms with Gasteiger partial charge in [-0.3, -0.25) is 4.79 Å². The number of carbonyl (C=O) groups excluding carboxylic acids is 1. The summed E-state index contributed by atoms with van der Waals surface area (Å²) in [6.45, 7) is 0.110. The summed E-state index contributed by atoms with van der Waals surface area (Å²) in [5.74, 6) is -1.82. The molecule has 1 aromatic carbocycles. The minimum Gasteiger partial charge on any atom is -0.480 e. The van der Waals surface area contributed by atoms with Crippen LogP contribution in [0.4, 0.5) is 0 Å². The van der Waals surface area contributed by atoms with Crippen LogP contribution >= 0.6 is 0 Å². The predicted molar refractivity (Wildman–Crippen MR) is 95.0 cm³/mol. The summed E-state index contributed by atoms with van der Waals surface area (Å²) in [6.07, 6.45) is -4.24. The molecule has 1 amide bonds. The lowest BCUT2D eigenvalue weighted by atomic mass is 9.78. The molecule has 0 unspecified atom stereocenters. The molecule has 5 atom stereocenters. The number of aliphatic hydroxyl groups excluding tert-OH is 1. The lowest BCUT2D eigenvalue weighted by Crippen LogP contribution is -2.71. The molecule has 4 N–H and O–H groups in total. The standard InChI is InChI=1S/C17H22N4O7/c1-10(22)20-14-15(25)17(26,7-11-5-3-2-4-6-11)12(8-19-21-18)28-16(14)27-9-13(23)24/h2-6,12,14-16,25-26H,7-9H2,1H3,(H,20,22)(H,23,24)/t12-,14+,15-,16+,17-/m1/s1. The van der Waals surface area contributed by atoms with Gasteiger partial charge in [0.25, 0.3) is 0 Å². The third kappa shape index (κ3) is 5.18. The van der Waals surface area contributed by atoms with Gasteiger partial charge in [0.15, 0.2) is 6.29 Å². The first-order valence-electron chi connectivity index (χ1n) is 8.49. The lowest BCUT2D eigenvalue weighted by molar-refractivity contribution is -0.295. The third-order valence-electron chi connectivity index (χ3n) is 4.38. The topological polar surface area (TPSA) is 174 Å². The number of ether oxygens (including phenoxy) is 2. The van der Waals surface area contributed by atoms with E-state index in [0.717, 1.165) is 0 Å². The van der Waals surface area contributed by atoms with Gasteiger partial charge in [-0.15, -0.1) is 0 Å². The second-order valence-corrected chi connectivity index (χ2v) is 6.44. The average molecular weight is 394 g/mol. The summed E-state index contributed by atoms with van der Waals surface area (Å²) in [5.41, 5.74) is 7.36. The molecule has 1 saturated heterocycles. The number of rotatable bonds is 8. The highest BCUT2D eigenvalue weighted by molar-refractivity contribution is 5.73. The number of hydrogen-bond donors (Lipinski definition) is 4. The molecule has 0 bridgehead atoms. The van der Waals surface area contributed by atoms with Crippen LogP contribution in [0.15, 0.2) is 35.4 Å². The van der Waals surface area contributed by atoms with Crippen LogP contribution in [0, 0.1) is 0 Å². The smallest absolute Gasteiger partial charge is 0.329 e. The van der Waals surface area contributed by atoms with Gasteiger partial charge in [0.2, 0.25) is 5.91 Å². The zero-order valence-corrected chi connectivity index (χ0v) is 15.1. The second kappa shape index (κ2) is 9.49. The highest BCUT2D eigenvalue weighted by Gasteiger charge is 2.55. The average Bonchev–Trinajstić information content (AvgIpc) is 2.64. The van der Waals surface area contributed by atoms with Crippen molar-refractivity contribution >= 4 is 11.9 Å². The zero-order chi connectivity index (χ0) is 20.7. The van der Waals surface area contributed by atoms with Crippen molar-refractivity contribution in [1.82, 2.24) is 5.32 Å². The maximum atomic E-state index is 11.6. The van der Waals surface area contributed by atoms with E-state index in [9.17, 15) is 19.8 Å². The molecular weight excluding hydrogens is 372 g/mol. The van der Waals surface area contributed by atoms with Crippen LogP contribution in [-0.2, 0) is 25.5 Å². The SMILES string of the molecule is CC(=O)N[C@@H]1[C@@H](OCC(=O)O)O[C@H](CN=[N+]=[N-])[C@](O)(Cc2ccccc2)[C@@H]1O. The molecule has 11 nitrogen and oxygen atoms in total. The van der Waals surface area contributed by atoms with Gasteiger partial charge in [0.1, 0.15) is 24.4 Å². The van der Waals surface area contributed by atoms with Crippen molar-refractivity contribution in [3.05, 3.63) is 46.3 Å². The van der Waals surface area contributed by atoms with Crippen molar-refractivity contribution in [3.63, 3.8) is 0 Å². The van der Waals surface area contributed by atoms with Crippen LogP contribution in [0.3, 0.4) is 0 Å². The van der Waals surface area contributed by atoms with Crippen molar-refractivity contribution in [2.45, 2.75) is 43.5 Å². The number of aliphatic carboxylic acids is 1. The molecule has 1 aromatic rings. The largest absolute Gasteiger partial charge is 0.480 e. The van der Waals surface area contributed by atoms with Crippen molar-refractivity contribution < 1.29 is 34.4 Å². The van der Waals surface area contributed by atoms with E-state index >= 15 is 0 Å². The van der Waals surface area contributed by atoms with E-state index < -0.39 is 48.6 Å². The number of aliphatic hydroxyl groups is 2. The normalized spacial score (nSPS) is 29.5. The number of carboxylic acid groups (broad SMARTS) is 1. The molecule has 11 heteroatoms. The molecule has 1 fully saturated rings. The van der Waals surface area contributed by atoms with Crippen molar-refractivity contribution in [2.24, 2.45) is 5.11 Å². The molecular formula is C17H22N4O7. The monoisotopic (exact) mass is 394 g/mol. The molecule has 0 spiro atoms. The Labute approximate surface area is 160 Å². The summed E-state index contributed by atoms with van der Waals surface area (Å²) < 4.78 is 10.8. The Bertz CT molecular complexity index is 740. The number of nitrogens with one attached hydrogen (secondary N) is 1. The third-order valence-corrected chi connectivity index (χ3v) is 4.38. The first kappa shape index (κ1) is 21.6. The van der Waals surface area contributed by atoms with Crippen LogP contribution in [0.25, 0.3) is 10.4 Å². The minimum absolute atomic E-state index is 0.0671. The van der Waals surface area contributed by atoms with Gasteiger partial charge in [-0.2, -0.15) is 0 Å². The van der Waals surface area contributed by atoms with Crippen LogP contribution in [0.5, 0.6) is 0 Å². The van der Waals surface area contributed by atoms with E-state index in [1.165, 1.54) is 6.92 Å². The molecule has 152 valence electrons. The van der Waals surface area contributed by atoms with Crippen LogP contribution in [0.2, 0.25) is 0 Å². The van der Waals surface area contributed by atoms with Gasteiger partial charge in [0.05, 0.1) is 12.6 Å². The Morgan fingerprint density at radius 1 is 1.39 bits per heavy atom. The van der Waals surface area contributed by atoms with E-state index in [2.05, 4.69) is 15.3 Å². The molecule has 28 heavy (non-hydrogen) atoms. The fourth-order valence-electron chi connectivity index (χ4n) is 3.15. The van der Waals surface area contributed by atoms with Crippen molar-refractivity contribution in [3.8, 4) is 0 Å². The fourth-order valence-corrected chi connectivity index (χ4v) is 3.15. The Morgan fingerprint density at radius 2 is 2.07 bits per heavy atom. The van der Waals surface area contributed by atoms with Crippen LogP contribution < -0.4 is 5.32 Å². The van der Waals surface area contributed by atoms with E-state index in [-0.39, 0.29) is 13.0 Å². The summed E-state index contributed by atoms with van der Waals surface area (Å²) in [4.78, 5) is 25.0. The van der Waals surface area contributed by atoms with Crippen molar-refractivity contribution in [2.75, 3.05) is 13.2 Å². The maximum absolute atomic E-state index is 11.6. The number of carboxylic acids is 1. The summed E-state index contributed by atoms with van der Waals surface area (Å²) in [5, 5.41) is 36.8. The van der Waals surface area contributed by atoms with Gasteiger partial charge in [-0.1, -0.05) is 35.4 Å². The Balaban J connectivity index is 2.37. The molecule has 1 heterocycles. The fraction of sp³-hybridized carbons (Fsp3) is 0.529. The number of azide groups is 1. The number of hydrogen-bond acceptors (Lipinski definition) is 7. The molecule has 0 radical (unpaired) electrons. The second-order valence-electron chi connectivity index (χ2n) is 6.44. The van der Waals surface area contributed by atoms with E-state index in [4.69, 9.17) is 20.1 Å². The number of amides is 1. The number of carbonyl (C=O) groups is 2. The van der Waals surface area contributed by atoms with Gasteiger partial charge in [-0.25, -0.2) is 4.79 Å². The Hall–Kier alpha value is -2.69. The summed E-state index contributed by atoms with van der Waals surface area (Å²) >= 11 is 0. The van der Waals surface area contributed by atoms with Gasteiger partial charge >= 0.3 is 5.97 Å². The lowest BCUT2D eigenvalue weighted by Gasteiger charge is -2.49. The predicted octanol–water partition coefficient (Wildman–Crippen LogP) is -0.0378. The molecule has 1 aliphatic rings. The molecule has 1 aliphatic heterocycles. The van der Waals surface area contributed by atoms with E-state index in [1.54, 1.807) is 30.3 Å². The zero-order valence-electron chi connectivity index (χ0n) is 15.1. The maximum Gasteiger partial charge on any atom is 0.329 e. The summed E-state index contributed by atoms with van der Waals surface area (Å²) in [6, 6.07) is 7.51. The highest BCUT2D eigenvalue weighted by atomic mass is 16.7. The van der Waals surface area contributed by atoms with Gasteiger partial charge in [0, 0.05) is 18.3 Å². The van der Waals surface area contributed by atoms with Gasteiger partial charge < -0.3 is 30.1 Å². The van der Waals surface area contributed by atoms with Crippen molar-refractivity contribution in [1.29, 1.82) is 0 Å². The molecule has 0 aromatic heterocycles. The Kier molecular flexibility index (Phi) is 7.32. The van der Waals surface area contributed by atoms with E-state index in [0.29, 0.717) is 5.56 Å². The summed E-state index contributed by atoms with van der Waals surface area (Å²) in [7, 11) is 0. The minimum atomic E-state index is -1.94. The molecule has 2 rings (SSSR count). The highest BCUT2D eigenvalue weighted by Crippen LogP contribution is 2.34. The van der Waals surface area contributed by atoms with Gasteiger partial charge in [-0.05, 0) is 11.1 Å². The molecule has 0 aliphatic carbocycles. The number of benzene rings is 1. The Morgan fingerprint density at radius 3 is 2.64 bits per heavy atom. The molecule has 0 saturated carbocycles.